The van der Waals surface area contributed by atoms with Gasteiger partial charge in [-0.1, -0.05) is 24.3 Å². The molecule has 5 heteroatoms. The van der Waals surface area contributed by atoms with E-state index in [1.807, 2.05) is 22.9 Å². The highest BCUT2D eigenvalue weighted by molar-refractivity contribution is 6.01. The van der Waals surface area contributed by atoms with E-state index in [4.69, 9.17) is 0 Å². The van der Waals surface area contributed by atoms with Gasteiger partial charge in [0.2, 0.25) is 0 Å². The van der Waals surface area contributed by atoms with Crippen molar-refractivity contribution >= 4 is 22.1 Å². The van der Waals surface area contributed by atoms with Crippen molar-refractivity contribution in [2.75, 3.05) is 0 Å². The molecule has 0 aliphatic heterocycles. The summed E-state index contributed by atoms with van der Waals surface area (Å²) in [6.45, 7) is 0. The van der Waals surface area contributed by atoms with Gasteiger partial charge in [0.1, 0.15) is 5.65 Å². The summed E-state index contributed by atoms with van der Waals surface area (Å²) in [5.41, 5.74) is 5.08. The van der Waals surface area contributed by atoms with Gasteiger partial charge in [-0.25, -0.2) is 9.78 Å². The topological polar surface area (TPSA) is 66.5 Å². The van der Waals surface area contributed by atoms with Crippen LogP contribution in [0.25, 0.3) is 22.1 Å². The molecule has 5 nitrogen and oxygen atoms in total. The number of pyridine rings is 1. The van der Waals surface area contributed by atoms with Gasteiger partial charge in [-0.2, -0.15) is 0 Å². The number of aromatic nitrogens is 4. The van der Waals surface area contributed by atoms with E-state index in [1.165, 1.54) is 11.1 Å². The molecule has 0 amide bonds. The number of hydrogen-bond donors (Lipinski definition) is 2. The summed E-state index contributed by atoms with van der Waals surface area (Å²) in [5, 5.41) is 0.986. The van der Waals surface area contributed by atoms with E-state index in [-0.39, 0.29) is 11.7 Å². The Labute approximate surface area is 125 Å². The normalized spacial score (nSPS) is 17.4. The first kappa shape index (κ1) is 11.8. The SMILES string of the molecule is O=c1[nH]c2cnc3[nH]ccc3c2n1C1CCc2ccccc21. The van der Waals surface area contributed by atoms with Crippen molar-refractivity contribution in [3.63, 3.8) is 0 Å². The standard InChI is InChI=1S/C17H14N4O/c22-17-20-13-9-19-16-12(7-8-18-16)15(13)21(17)14-6-5-10-3-1-2-4-11(10)14/h1-4,7-9,14H,5-6H2,(H,18,19)(H,20,22). The van der Waals surface area contributed by atoms with Crippen molar-refractivity contribution < 1.29 is 0 Å². The molecule has 0 radical (unpaired) electrons. The minimum Gasteiger partial charge on any atom is -0.346 e. The number of aromatic amines is 2. The summed E-state index contributed by atoms with van der Waals surface area (Å²) in [5.74, 6) is 0. The van der Waals surface area contributed by atoms with Gasteiger partial charge in [0, 0.05) is 11.6 Å². The lowest BCUT2D eigenvalue weighted by Crippen LogP contribution is -2.21. The van der Waals surface area contributed by atoms with E-state index >= 15 is 0 Å². The van der Waals surface area contributed by atoms with Gasteiger partial charge in [-0.3, -0.25) is 4.57 Å². The van der Waals surface area contributed by atoms with Gasteiger partial charge < -0.3 is 9.97 Å². The van der Waals surface area contributed by atoms with Crippen molar-refractivity contribution in [1.82, 2.24) is 19.5 Å². The molecule has 1 unspecified atom stereocenters. The second-order valence-electron chi connectivity index (χ2n) is 5.81. The average Bonchev–Trinajstić information content (AvgIpc) is 3.21. The number of aryl methyl sites for hydroxylation is 1. The van der Waals surface area contributed by atoms with E-state index in [9.17, 15) is 4.79 Å². The largest absolute Gasteiger partial charge is 0.346 e. The van der Waals surface area contributed by atoms with Crippen LogP contribution in [-0.2, 0) is 6.42 Å². The first-order chi connectivity index (χ1) is 10.8. The number of fused-ring (bicyclic) bond motifs is 4. The number of hydrogen-bond acceptors (Lipinski definition) is 2. The predicted molar refractivity (Wildman–Crippen MR) is 85.1 cm³/mol. The molecule has 3 heterocycles. The van der Waals surface area contributed by atoms with Crippen LogP contribution >= 0.6 is 0 Å². The molecular weight excluding hydrogens is 276 g/mol. The Bertz CT molecular complexity index is 1070. The maximum absolute atomic E-state index is 12.6. The van der Waals surface area contributed by atoms with Crippen LogP contribution in [0.3, 0.4) is 0 Å². The Hall–Kier alpha value is -2.82. The summed E-state index contributed by atoms with van der Waals surface area (Å²) in [6, 6.07) is 10.5. The van der Waals surface area contributed by atoms with Crippen molar-refractivity contribution in [1.29, 1.82) is 0 Å². The molecule has 108 valence electrons. The third-order valence-electron chi connectivity index (χ3n) is 4.67. The molecule has 2 N–H and O–H groups in total. The highest BCUT2D eigenvalue weighted by atomic mass is 16.1. The van der Waals surface area contributed by atoms with E-state index in [1.54, 1.807) is 6.20 Å². The van der Waals surface area contributed by atoms with E-state index in [2.05, 4.69) is 33.2 Å². The minimum atomic E-state index is -0.0628. The zero-order valence-corrected chi connectivity index (χ0v) is 11.8. The quantitative estimate of drug-likeness (QED) is 0.566. The van der Waals surface area contributed by atoms with Gasteiger partial charge in [0.15, 0.2) is 0 Å². The first-order valence-electron chi connectivity index (χ1n) is 7.47. The molecule has 0 spiro atoms. The highest BCUT2D eigenvalue weighted by Gasteiger charge is 2.27. The Morgan fingerprint density at radius 1 is 1.23 bits per heavy atom. The number of benzene rings is 1. The molecule has 0 fully saturated rings. The lowest BCUT2D eigenvalue weighted by molar-refractivity contribution is 0.579. The minimum absolute atomic E-state index is 0.0628. The Morgan fingerprint density at radius 3 is 3.09 bits per heavy atom. The number of nitrogens with one attached hydrogen (secondary N) is 2. The zero-order chi connectivity index (χ0) is 14.7. The van der Waals surface area contributed by atoms with Gasteiger partial charge in [0.25, 0.3) is 0 Å². The van der Waals surface area contributed by atoms with Gasteiger partial charge in [0.05, 0.1) is 23.3 Å². The zero-order valence-electron chi connectivity index (χ0n) is 11.8. The van der Waals surface area contributed by atoms with Crippen LogP contribution in [0.1, 0.15) is 23.6 Å². The lowest BCUT2D eigenvalue weighted by atomic mass is 10.1. The Balaban J connectivity index is 1.87. The molecule has 0 saturated heterocycles. The molecule has 4 aromatic rings. The van der Waals surface area contributed by atoms with E-state index < -0.39 is 0 Å². The highest BCUT2D eigenvalue weighted by Crippen LogP contribution is 2.36. The molecule has 1 aliphatic rings. The van der Waals surface area contributed by atoms with Crippen LogP contribution in [0.4, 0.5) is 0 Å². The van der Waals surface area contributed by atoms with Crippen LogP contribution in [0.5, 0.6) is 0 Å². The lowest BCUT2D eigenvalue weighted by Gasteiger charge is -2.14. The number of rotatable bonds is 1. The smallest absolute Gasteiger partial charge is 0.327 e. The number of imidazole rings is 1. The van der Waals surface area contributed by atoms with E-state index in [0.717, 1.165) is 34.9 Å². The molecule has 1 atom stereocenters. The van der Waals surface area contributed by atoms with Crippen LogP contribution in [0.15, 0.2) is 47.5 Å². The fraction of sp³-hybridized carbons (Fsp3) is 0.176. The summed E-state index contributed by atoms with van der Waals surface area (Å²) in [4.78, 5) is 23.0. The number of nitrogens with zero attached hydrogens (tertiary/aromatic N) is 2. The second kappa shape index (κ2) is 4.10. The van der Waals surface area contributed by atoms with Crippen LogP contribution < -0.4 is 5.69 Å². The Kier molecular flexibility index (Phi) is 2.20. The fourth-order valence-corrected chi connectivity index (χ4v) is 3.72. The first-order valence-corrected chi connectivity index (χ1v) is 7.47. The molecule has 3 aromatic heterocycles. The van der Waals surface area contributed by atoms with Crippen LogP contribution in [-0.4, -0.2) is 19.5 Å². The van der Waals surface area contributed by atoms with Gasteiger partial charge >= 0.3 is 5.69 Å². The molecule has 1 aromatic carbocycles. The summed E-state index contributed by atoms with van der Waals surface area (Å²) >= 11 is 0. The molecule has 0 saturated carbocycles. The van der Waals surface area contributed by atoms with E-state index in [0.29, 0.717) is 0 Å². The van der Waals surface area contributed by atoms with Gasteiger partial charge in [-0.05, 0) is 30.0 Å². The summed E-state index contributed by atoms with van der Waals surface area (Å²) < 4.78 is 1.90. The molecule has 22 heavy (non-hydrogen) atoms. The molecular formula is C17H14N4O. The average molecular weight is 290 g/mol. The molecule has 1 aliphatic carbocycles. The molecule has 0 bridgehead atoms. The molecule has 5 rings (SSSR count). The third-order valence-corrected chi connectivity index (χ3v) is 4.67. The predicted octanol–water partition coefficient (Wildman–Crippen LogP) is 2.74. The fourth-order valence-electron chi connectivity index (χ4n) is 3.72. The number of H-pyrrole nitrogens is 2. The maximum Gasteiger partial charge on any atom is 0.327 e. The summed E-state index contributed by atoms with van der Waals surface area (Å²) in [7, 11) is 0. The van der Waals surface area contributed by atoms with Gasteiger partial charge in [-0.15, -0.1) is 0 Å². The van der Waals surface area contributed by atoms with Crippen molar-refractivity contribution in [3.8, 4) is 0 Å². The Morgan fingerprint density at radius 2 is 2.14 bits per heavy atom. The van der Waals surface area contributed by atoms with Crippen LogP contribution in [0.2, 0.25) is 0 Å². The summed E-state index contributed by atoms with van der Waals surface area (Å²) in [6.07, 6.45) is 5.57. The van der Waals surface area contributed by atoms with Crippen molar-refractivity contribution in [3.05, 3.63) is 64.3 Å². The monoisotopic (exact) mass is 290 g/mol. The third kappa shape index (κ3) is 1.43. The van der Waals surface area contributed by atoms with Crippen molar-refractivity contribution in [2.24, 2.45) is 0 Å². The van der Waals surface area contributed by atoms with Crippen molar-refractivity contribution in [2.45, 2.75) is 18.9 Å². The second-order valence-corrected chi connectivity index (χ2v) is 5.81. The van der Waals surface area contributed by atoms with Crippen LogP contribution in [0, 0.1) is 0 Å². The maximum atomic E-state index is 12.6.